The predicted molar refractivity (Wildman–Crippen MR) is 107 cm³/mol. The SMILES string of the molecule is CCCCCCCCCCCCCCC(=O)C(C[N+](C)(C)C)O[PH-]. The zero-order chi connectivity index (χ0) is 18.3. The maximum Gasteiger partial charge on any atom is 0.164 e. The van der Waals surface area contributed by atoms with Gasteiger partial charge in [0, 0.05) is 6.42 Å². The fraction of sp³-hybridized carbons (Fsp3) is 0.950. The Bertz CT molecular complexity index is 303. The Morgan fingerprint density at radius 2 is 1.25 bits per heavy atom. The van der Waals surface area contributed by atoms with E-state index in [1.807, 2.05) is 0 Å². The molecule has 0 rings (SSSR count). The molecule has 24 heavy (non-hydrogen) atoms. The van der Waals surface area contributed by atoms with E-state index >= 15 is 0 Å². The second-order valence-electron chi connectivity index (χ2n) is 8.18. The maximum absolute atomic E-state index is 12.2. The molecule has 0 bridgehead atoms. The van der Waals surface area contributed by atoms with Gasteiger partial charge in [-0.25, -0.2) is 0 Å². The van der Waals surface area contributed by atoms with Crippen molar-refractivity contribution in [3.8, 4) is 0 Å². The van der Waals surface area contributed by atoms with Crippen LogP contribution in [0.25, 0.3) is 0 Å². The van der Waals surface area contributed by atoms with E-state index in [1.165, 1.54) is 70.6 Å². The van der Waals surface area contributed by atoms with E-state index in [4.69, 9.17) is 4.52 Å². The van der Waals surface area contributed by atoms with Crippen LogP contribution in [0.5, 0.6) is 0 Å². The molecule has 0 aromatic rings. The zero-order valence-electron chi connectivity index (χ0n) is 16.7. The van der Waals surface area contributed by atoms with E-state index in [0.29, 0.717) is 13.0 Å². The minimum atomic E-state index is -0.325. The number of unbranched alkanes of at least 4 members (excludes halogenated alkanes) is 11. The lowest BCUT2D eigenvalue weighted by molar-refractivity contribution is -0.872. The summed E-state index contributed by atoms with van der Waals surface area (Å²) in [5.41, 5.74) is 0. The molecule has 3 nitrogen and oxygen atoms in total. The van der Waals surface area contributed by atoms with Gasteiger partial charge in [0.15, 0.2) is 5.78 Å². The molecule has 0 amide bonds. The van der Waals surface area contributed by atoms with E-state index in [2.05, 4.69) is 37.5 Å². The molecular weight excluding hydrogens is 317 g/mol. The second-order valence-corrected chi connectivity index (χ2v) is 8.42. The molecule has 0 aliphatic heterocycles. The molecule has 144 valence electrons. The number of quaternary nitrogens is 1. The van der Waals surface area contributed by atoms with E-state index in [0.717, 1.165) is 10.9 Å². The highest BCUT2D eigenvalue weighted by Crippen LogP contribution is 2.14. The highest BCUT2D eigenvalue weighted by molar-refractivity contribution is 7.09. The summed E-state index contributed by atoms with van der Waals surface area (Å²) >= 11 is 0. The number of carbonyl (C=O) groups is 1. The molecule has 0 fully saturated rings. The van der Waals surface area contributed by atoms with Crippen molar-refractivity contribution in [1.82, 2.24) is 0 Å². The van der Waals surface area contributed by atoms with Gasteiger partial charge in [-0.1, -0.05) is 77.6 Å². The van der Waals surface area contributed by atoms with Gasteiger partial charge in [0.2, 0.25) is 0 Å². The number of nitrogens with zero attached hydrogens (tertiary/aromatic N) is 1. The molecule has 4 heteroatoms. The summed E-state index contributed by atoms with van der Waals surface area (Å²) in [5.74, 6) is 0.227. The molecule has 1 unspecified atom stereocenters. The molecule has 0 aromatic carbocycles. The van der Waals surface area contributed by atoms with Crippen molar-refractivity contribution < 1.29 is 13.8 Å². The topological polar surface area (TPSA) is 26.3 Å². The molecule has 0 heterocycles. The molecule has 1 atom stereocenters. The zero-order valence-corrected chi connectivity index (χ0v) is 17.7. The molecule has 0 saturated carbocycles. The van der Waals surface area contributed by atoms with E-state index in [-0.39, 0.29) is 11.9 Å². The average molecular weight is 360 g/mol. The first kappa shape index (κ1) is 24.0. The third kappa shape index (κ3) is 15.5. The highest BCUT2D eigenvalue weighted by Gasteiger charge is 2.21. The van der Waals surface area contributed by atoms with Crippen LogP contribution in [-0.4, -0.2) is 44.1 Å². The third-order valence-corrected chi connectivity index (χ3v) is 4.78. The quantitative estimate of drug-likeness (QED) is 0.186. The standard InChI is InChI=1S/C20H42NO2P/c1-5-6-7-8-9-10-11-12-13-14-15-16-17-19(22)20(23-24)18-21(2,3)4/h20,24H,5-18H2,1-4H3. The van der Waals surface area contributed by atoms with Crippen LogP contribution in [-0.2, 0) is 9.32 Å². The van der Waals surface area contributed by atoms with Crippen LogP contribution in [0.1, 0.15) is 90.4 Å². The molecule has 0 radical (unpaired) electrons. The van der Waals surface area contributed by atoms with Gasteiger partial charge in [0.25, 0.3) is 0 Å². The average Bonchev–Trinajstić information content (AvgIpc) is 2.52. The Balaban J connectivity index is 3.47. The lowest BCUT2D eigenvalue weighted by atomic mass is 10.0. The van der Waals surface area contributed by atoms with Crippen molar-refractivity contribution in [1.29, 1.82) is 0 Å². The van der Waals surface area contributed by atoms with Gasteiger partial charge in [-0.15, -0.1) is 0 Å². The largest absolute Gasteiger partial charge is 0.549 e. The number of Topliss-reactive ketones (excluding diaryl/α,β-unsaturated/α-hetero) is 1. The number of carbonyl (C=O) groups excluding carboxylic acids is 1. The first-order chi connectivity index (χ1) is 11.4. The fourth-order valence-corrected chi connectivity index (χ4v) is 3.21. The number of likely N-dealkylation sites (N-methyl/N-ethyl adjacent to an activating group) is 1. The fourth-order valence-electron chi connectivity index (χ4n) is 3.00. The minimum absolute atomic E-state index is 0.227. The normalized spacial score (nSPS) is 13.2. The summed E-state index contributed by atoms with van der Waals surface area (Å²) < 4.78 is 5.92. The van der Waals surface area contributed by atoms with Crippen molar-refractivity contribution in [2.75, 3.05) is 27.7 Å². The Morgan fingerprint density at radius 3 is 1.62 bits per heavy atom. The van der Waals surface area contributed by atoms with Crippen molar-refractivity contribution in [3.05, 3.63) is 0 Å². The Hall–Kier alpha value is 0.0200. The molecule has 0 aliphatic carbocycles. The molecule has 0 spiro atoms. The Kier molecular flexibility index (Phi) is 15.3. The van der Waals surface area contributed by atoms with Crippen LogP contribution < -0.4 is 0 Å². The van der Waals surface area contributed by atoms with E-state index in [9.17, 15) is 4.79 Å². The minimum Gasteiger partial charge on any atom is -0.549 e. The third-order valence-electron chi connectivity index (χ3n) is 4.49. The van der Waals surface area contributed by atoms with E-state index in [1.54, 1.807) is 0 Å². The van der Waals surface area contributed by atoms with Crippen LogP contribution in [0.2, 0.25) is 0 Å². The van der Waals surface area contributed by atoms with Crippen LogP contribution >= 0.6 is 9.47 Å². The maximum atomic E-state index is 12.2. The van der Waals surface area contributed by atoms with Gasteiger partial charge in [-0.3, -0.25) is 4.79 Å². The van der Waals surface area contributed by atoms with Crippen molar-refractivity contribution >= 4 is 15.2 Å². The number of hydrogen-bond acceptors (Lipinski definition) is 2. The van der Waals surface area contributed by atoms with E-state index < -0.39 is 0 Å². The van der Waals surface area contributed by atoms with Crippen molar-refractivity contribution in [3.63, 3.8) is 0 Å². The lowest BCUT2D eigenvalue weighted by Gasteiger charge is -2.30. The summed E-state index contributed by atoms with van der Waals surface area (Å²) in [6, 6.07) is 0. The summed E-state index contributed by atoms with van der Waals surface area (Å²) in [5, 5.41) is 0. The predicted octanol–water partition coefficient (Wildman–Crippen LogP) is 5.80. The van der Waals surface area contributed by atoms with Crippen LogP contribution in [0.3, 0.4) is 0 Å². The number of rotatable bonds is 17. The van der Waals surface area contributed by atoms with Crippen molar-refractivity contribution in [2.24, 2.45) is 0 Å². The molecule has 0 aliphatic rings. The summed E-state index contributed by atoms with van der Waals surface area (Å²) in [7, 11) is 9.30. The Morgan fingerprint density at radius 1 is 0.833 bits per heavy atom. The number of ketones is 1. The smallest absolute Gasteiger partial charge is 0.164 e. The van der Waals surface area contributed by atoms with Crippen LogP contribution in [0, 0.1) is 0 Å². The van der Waals surface area contributed by atoms with Crippen LogP contribution in [0.4, 0.5) is 0 Å². The first-order valence-electron chi connectivity index (χ1n) is 10.1. The first-order valence-corrected chi connectivity index (χ1v) is 10.5. The Labute approximate surface area is 153 Å². The van der Waals surface area contributed by atoms with Crippen LogP contribution in [0.15, 0.2) is 0 Å². The van der Waals surface area contributed by atoms with Crippen molar-refractivity contribution in [2.45, 2.75) is 96.5 Å². The van der Waals surface area contributed by atoms with Gasteiger partial charge < -0.3 is 18.5 Å². The molecular formula is C20H42NO2P. The monoisotopic (exact) mass is 359 g/mol. The van der Waals surface area contributed by atoms with Gasteiger partial charge in [-0.2, -0.15) is 0 Å². The summed E-state index contributed by atoms with van der Waals surface area (Å²) in [6.07, 6.45) is 16.2. The second kappa shape index (κ2) is 15.3. The molecule has 0 N–H and O–H groups in total. The van der Waals surface area contributed by atoms with Gasteiger partial charge in [0.05, 0.1) is 21.1 Å². The number of hydrogen-bond donors (Lipinski definition) is 0. The lowest BCUT2D eigenvalue weighted by Crippen LogP contribution is -2.44. The molecule has 0 aromatic heterocycles. The highest BCUT2D eigenvalue weighted by atomic mass is 31.0. The molecule has 0 saturated heterocycles. The summed E-state index contributed by atoms with van der Waals surface area (Å²) in [6.45, 7) is 2.98. The van der Waals surface area contributed by atoms with Gasteiger partial charge >= 0.3 is 0 Å². The van der Waals surface area contributed by atoms with Gasteiger partial charge in [0.1, 0.15) is 12.6 Å². The summed E-state index contributed by atoms with van der Waals surface area (Å²) in [4.78, 5) is 12.2. The van der Waals surface area contributed by atoms with Gasteiger partial charge in [-0.05, 0) is 6.42 Å².